The highest BCUT2D eigenvalue weighted by atomic mass is 16.3. The quantitative estimate of drug-likeness (QED) is 0.742. The molecule has 3 atom stereocenters. The standard InChI is InChI=1S/C25H34N2O2/c1-19-18-27(15-13-21-8-5-4-6-9-21)23(12-14-26-20(2)28)17-25(19,3)22-10-7-11-24(29)16-22/h4-11,16,19,23,29H,12-15,17-18H2,1-3H3,(H,26,28)/t19-,23+,25+/m0/s1. The van der Waals surface area contributed by atoms with Gasteiger partial charge < -0.3 is 10.4 Å². The van der Waals surface area contributed by atoms with Gasteiger partial charge in [0.1, 0.15) is 5.75 Å². The van der Waals surface area contributed by atoms with E-state index in [1.165, 1.54) is 11.1 Å². The highest BCUT2D eigenvalue weighted by molar-refractivity contribution is 5.72. The Kier molecular flexibility index (Phi) is 6.96. The fourth-order valence-electron chi connectivity index (χ4n) is 4.68. The smallest absolute Gasteiger partial charge is 0.216 e. The molecule has 2 N–H and O–H groups in total. The molecule has 2 aromatic rings. The number of hydrogen-bond donors (Lipinski definition) is 2. The van der Waals surface area contributed by atoms with Crippen LogP contribution in [0.1, 0.15) is 44.7 Å². The summed E-state index contributed by atoms with van der Waals surface area (Å²) in [6.07, 6.45) is 2.99. The summed E-state index contributed by atoms with van der Waals surface area (Å²) in [5, 5.41) is 13.0. The summed E-state index contributed by atoms with van der Waals surface area (Å²) in [4.78, 5) is 14.0. The van der Waals surface area contributed by atoms with Crippen LogP contribution >= 0.6 is 0 Å². The second-order valence-electron chi connectivity index (χ2n) is 8.73. The Labute approximate surface area is 174 Å². The van der Waals surface area contributed by atoms with Crippen molar-refractivity contribution in [2.75, 3.05) is 19.6 Å². The second kappa shape index (κ2) is 9.45. The van der Waals surface area contributed by atoms with E-state index >= 15 is 0 Å². The molecule has 1 fully saturated rings. The second-order valence-corrected chi connectivity index (χ2v) is 8.73. The number of benzene rings is 2. The topological polar surface area (TPSA) is 52.6 Å². The number of rotatable bonds is 7. The third-order valence-corrected chi connectivity index (χ3v) is 6.66. The first-order valence-electron chi connectivity index (χ1n) is 10.7. The van der Waals surface area contributed by atoms with E-state index in [0.29, 0.717) is 24.3 Å². The number of phenols is 1. The zero-order valence-electron chi connectivity index (χ0n) is 17.9. The SMILES string of the molecule is CC(=O)NCC[C@@H]1C[C@@](C)(c2cccc(O)c2)[C@@H](C)CN1CCc1ccccc1. The van der Waals surface area contributed by atoms with Gasteiger partial charge in [0.2, 0.25) is 5.91 Å². The van der Waals surface area contributed by atoms with Crippen LogP contribution in [0.3, 0.4) is 0 Å². The molecular weight excluding hydrogens is 360 g/mol. The van der Waals surface area contributed by atoms with E-state index in [1.807, 2.05) is 12.1 Å². The predicted molar refractivity (Wildman–Crippen MR) is 118 cm³/mol. The highest BCUT2D eigenvalue weighted by Gasteiger charge is 2.42. The summed E-state index contributed by atoms with van der Waals surface area (Å²) in [5.74, 6) is 0.829. The van der Waals surface area contributed by atoms with Crippen molar-refractivity contribution < 1.29 is 9.90 Å². The number of amides is 1. The molecule has 0 aliphatic carbocycles. The van der Waals surface area contributed by atoms with Crippen LogP contribution in [0.4, 0.5) is 0 Å². The number of piperidine rings is 1. The summed E-state index contributed by atoms with van der Waals surface area (Å²) in [6.45, 7) is 8.97. The van der Waals surface area contributed by atoms with E-state index in [2.05, 4.69) is 60.5 Å². The molecule has 0 radical (unpaired) electrons. The van der Waals surface area contributed by atoms with Gasteiger partial charge in [-0.05, 0) is 53.9 Å². The number of phenolic OH excluding ortho intramolecular Hbond substituents is 1. The molecule has 29 heavy (non-hydrogen) atoms. The van der Waals surface area contributed by atoms with Gasteiger partial charge in [0, 0.05) is 32.6 Å². The van der Waals surface area contributed by atoms with E-state index < -0.39 is 0 Å². The first kappa shape index (κ1) is 21.4. The summed E-state index contributed by atoms with van der Waals surface area (Å²) in [6, 6.07) is 18.8. The first-order valence-corrected chi connectivity index (χ1v) is 10.7. The number of aromatic hydroxyl groups is 1. The Morgan fingerprint density at radius 3 is 2.66 bits per heavy atom. The molecule has 0 unspecified atom stereocenters. The molecule has 0 spiro atoms. The van der Waals surface area contributed by atoms with Gasteiger partial charge >= 0.3 is 0 Å². The van der Waals surface area contributed by atoms with Gasteiger partial charge in [-0.15, -0.1) is 0 Å². The van der Waals surface area contributed by atoms with Crippen LogP contribution in [0.15, 0.2) is 54.6 Å². The maximum atomic E-state index is 11.4. The van der Waals surface area contributed by atoms with Crippen molar-refractivity contribution in [3.8, 4) is 5.75 Å². The molecule has 1 aliphatic rings. The molecule has 3 rings (SSSR count). The Morgan fingerprint density at radius 2 is 1.97 bits per heavy atom. The van der Waals surface area contributed by atoms with Crippen molar-refractivity contribution >= 4 is 5.91 Å². The van der Waals surface area contributed by atoms with Gasteiger partial charge in [0.15, 0.2) is 0 Å². The number of carbonyl (C=O) groups excluding carboxylic acids is 1. The zero-order chi connectivity index (χ0) is 20.9. The largest absolute Gasteiger partial charge is 0.508 e. The minimum Gasteiger partial charge on any atom is -0.508 e. The summed E-state index contributed by atoms with van der Waals surface area (Å²) in [7, 11) is 0. The molecule has 1 aliphatic heterocycles. The summed E-state index contributed by atoms with van der Waals surface area (Å²) in [5.41, 5.74) is 2.57. The first-order chi connectivity index (χ1) is 13.9. The number of likely N-dealkylation sites (tertiary alicyclic amines) is 1. The monoisotopic (exact) mass is 394 g/mol. The molecule has 1 heterocycles. The molecule has 1 saturated heterocycles. The normalized spacial score (nSPS) is 24.9. The van der Waals surface area contributed by atoms with Crippen molar-refractivity contribution in [3.05, 3.63) is 65.7 Å². The van der Waals surface area contributed by atoms with Crippen molar-refractivity contribution in [2.45, 2.75) is 51.5 Å². The lowest BCUT2D eigenvalue weighted by molar-refractivity contribution is -0.119. The number of hydrogen-bond acceptors (Lipinski definition) is 3. The average molecular weight is 395 g/mol. The van der Waals surface area contributed by atoms with Crippen LogP contribution in [-0.4, -0.2) is 41.6 Å². The number of nitrogens with zero attached hydrogens (tertiary/aromatic N) is 1. The van der Waals surface area contributed by atoms with Crippen molar-refractivity contribution in [1.29, 1.82) is 0 Å². The Balaban J connectivity index is 1.76. The fraction of sp³-hybridized carbons (Fsp3) is 0.480. The Morgan fingerprint density at radius 1 is 1.21 bits per heavy atom. The van der Waals surface area contributed by atoms with Crippen LogP contribution in [-0.2, 0) is 16.6 Å². The van der Waals surface area contributed by atoms with Gasteiger partial charge in [-0.2, -0.15) is 0 Å². The minimum atomic E-state index is 0.00285. The molecule has 0 aromatic heterocycles. The maximum absolute atomic E-state index is 11.4. The minimum absolute atomic E-state index is 0.00285. The summed E-state index contributed by atoms with van der Waals surface area (Å²) >= 11 is 0. The molecule has 4 heteroatoms. The highest BCUT2D eigenvalue weighted by Crippen LogP contribution is 2.43. The molecule has 156 valence electrons. The molecule has 4 nitrogen and oxygen atoms in total. The van der Waals surface area contributed by atoms with Crippen LogP contribution in [0.25, 0.3) is 0 Å². The number of carbonyl (C=O) groups is 1. The Bertz CT molecular complexity index is 807. The third kappa shape index (κ3) is 5.39. The van der Waals surface area contributed by atoms with Gasteiger partial charge in [-0.25, -0.2) is 0 Å². The number of nitrogens with one attached hydrogen (secondary N) is 1. The molecule has 0 bridgehead atoms. The van der Waals surface area contributed by atoms with Crippen LogP contribution in [0.2, 0.25) is 0 Å². The maximum Gasteiger partial charge on any atom is 0.216 e. The van der Waals surface area contributed by atoms with E-state index in [1.54, 1.807) is 13.0 Å². The van der Waals surface area contributed by atoms with E-state index in [-0.39, 0.29) is 11.3 Å². The third-order valence-electron chi connectivity index (χ3n) is 6.66. The summed E-state index contributed by atoms with van der Waals surface area (Å²) < 4.78 is 0. The fourth-order valence-corrected chi connectivity index (χ4v) is 4.68. The Hall–Kier alpha value is -2.33. The van der Waals surface area contributed by atoms with Gasteiger partial charge in [-0.3, -0.25) is 9.69 Å². The van der Waals surface area contributed by atoms with E-state index in [4.69, 9.17) is 0 Å². The van der Waals surface area contributed by atoms with Crippen LogP contribution in [0.5, 0.6) is 5.75 Å². The molecular formula is C25H34N2O2. The molecule has 1 amide bonds. The van der Waals surface area contributed by atoms with Gasteiger partial charge in [-0.1, -0.05) is 56.3 Å². The van der Waals surface area contributed by atoms with Crippen LogP contribution in [0, 0.1) is 5.92 Å². The van der Waals surface area contributed by atoms with Gasteiger partial charge in [0.25, 0.3) is 0 Å². The van der Waals surface area contributed by atoms with E-state index in [0.717, 1.165) is 32.4 Å². The lowest BCUT2D eigenvalue weighted by Crippen LogP contribution is -2.54. The molecule has 0 saturated carbocycles. The van der Waals surface area contributed by atoms with Gasteiger partial charge in [0.05, 0.1) is 0 Å². The molecule has 2 aromatic carbocycles. The predicted octanol–water partition coefficient (Wildman–Crippen LogP) is 4.13. The van der Waals surface area contributed by atoms with Crippen molar-refractivity contribution in [3.63, 3.8) is 0 Å². The van der Waals surface area contributed by atoms with E-state index in [9.17, 15) is 9.90 Å². The van der Waals surface area contributed by atoms with Crippen LogP contribution < -0.4 is 5.32 Å². The lowest BCUT2D eigenvalue weighted by Gasteiger charge is -2.50. The van der Waals surface area contributed by atoms with Crippen molar-refractivity contribution in [2.24, 2.45) is 5.92 Å². The van der Waals surface area contributed by atoms with Crippen molar-refractivity contribution in [1.82, 2.24) is 10.2 Å². The average Bonchev–Trinajstić information content (AvgIpc) is 2.70. The zero-order valence-corrected chi connectivity index (χ0v) is 17.9. The lowest BCUT2D eigenvalue weighted by atomic mass is 9.65.